The third-order valence-corrected chi connectivity index (χ3v) is 6.42. The molecule has 0 unspecified atom stereocenters. The molecule has 0 aliphatic carbocycles. The van der Waals surface area contributed by atoms with Gasteiger partial charge in [-0.3, -0.25) is 9.59 Å². The molecule has 1 atom stereocenters. The Hall–Kier alpha value is -2.47. The van der Waals surface area contributed by atoms with Crippen molar-refractivity contribution in [2.45, 2.75) is 44.8 Å². The van der Waals surface area contributed by atoms with E-state index >= 15 is 0 Å². The van der Waals surface area contributed by atoms with E-state index in [1.807, 2.05) is 50.2 Å². The number of hydrogen-bond donors (Lipinski definition) is 2. The van der Waals surface area contributed by atoms with Crippen LogP contribution in [-0.4, -0.2) is 35.9 Å². The lowest BCUT2D eigenvalue weighted by molar-refractivity contribution is -0.115. The lowest BCUT2D eigenvalue weighted by Gasteiger charge is -2.23. The van der Waals surface area contributed by atoms with Gasteiger partial charge in [0, 0.05) is 30.2 Å². The largest absolute Gasteiger partial charge is 0.372 e. The summed E-state index contributed by atoms with van der Waals surface area (Å²) in [6.45, 7) is 6.03. The predicted octanol–water partition coefficient (Wildman–Crippen LogP) is 5.07. The van der Waals surface area contributed by atoms with Gasteiger partial charge in [0.15, 0.2) is 0 Å². The normalized spacial score (nSPS) is 15.2. The van der Waals surface area contributed by atoms with E-state index in [0.717, 1.165) is 30.0 Å². The van der Waals surface area contributed by atoms with Gasteiger partial charge in [0.05, 0.1) is 11.0 Å². The SMILES string of the molecule is Cc1ccc(NC(=O)CS[C@@H](C)C(=O)Nc2ccc(N3CCCCCC3)cc2)cc1. The first-order chi connectivity index (χ1) is 14.5. The molecular formula is C24H31N3O2S. The molecule has 2 aromatic carbocycles. The highest BCUT2D eigenvalue weighted by Crippen LogP contribution is 2.22. The number of benzene rings is 2. The molecule has 0 bridgehead atoms. The fourth-order valence-electron chi connectivity index (χ4n) is 3.44. The van der Waals surface area contributed by atoms with E-state index in [2.05, 4.69) is 27.7 Å². The van der Waals surface area contributed by atoms with Crippen LogP contribution in [0.2, 0.25) is 0 Å². The van der Waals surface area contributed by atoms with Crippen LogP contribution in [-0.2, 0) is 9.59 Å². The Morgan fingerprint density at radius 1 is 0.900 bits per heavy atom. The first kappa shape index (κ1) is 22.2. The molecule has 30 heavy (non-hydrogen) atoms. The zero-order valence-electron chi connectivity index (χ0n) is 17.8. The van der Waals surface area contributed by atoms with Crippen molar-refractivity contribution in [3.63, 3.8) is 0 Å². The van der Waals surface area contributed by atoms with Gasteiger partial charge in [-0.15, -0.1) is 11.8 Å². The molecule has 0 saturated carbocycles. The highest BCUT2D eigenvalue weighted by atomic mass is 32.2. The highest BCUT2D eigenvalue weighted by Gasteiger charge is 2.16. The minimum atomic E-state index is -0.320. The second kappa shape index (κ2) is 11.1. The molecule has 1 saturated heterocycles. The molecule has 5 nitrogen and oxygen atoms in total. The lowest BCUT2D eigenvalue weighted by atomic mass is 10.2. The molecule has 2 N–H and O–H groups in total. The number of nitrogens with zero attached hydrogens (tertiary/aromatic N) is 1. The van der Waals surface area contributed by atoms with Crippen LogP contribution in [0.25, 0.3) is 0 Å². The van der Waals surface area contributed by atoms with Gasteiger partial charge in [-0.25, -0.2) is 0 Å². The summed E-state index contributed by atoms with van der Waals surface area (Å²) < 4.78 is 0. The van der Waals surface area contributed by atoms with E-state index in [9.17, 15) is 9.59 Å². The Morgan fingerprint density at radius 2 is 1.47 bits per heavy atom. The average Bonchev–Trinajstić information content (AvgIpc) is 3.04. The average molecular weight is 426 g/mol. The second-order valence-electron chi connectivity index (χ2n) is 7.80. The van der Waals surface area contributed by atoms with Gasteiger partial charge in [-0.1, -0.05) is 30.5 Å². The van der Waals surface area contributed by atoms with Crippen LogP contribution >= 0.6 is 11.8 Å². The molecular weight excluding hydrogens is 394 g/mol. The molecule has 0 aromatic heterocycles. The van der Waals surface area contributed by atoms with Gasteiger partial charge in [0.1, 0.15) is 0 Å². The van der Waals surface area contributed by atoms with Crippen LogP contribution in [0.3, 0.4) is 0 Å². The molecule has 3 rings (SSSR count). The highest BCUT2D eigenvalue weighted by molar-refractivity contribution is 8.01. The van der Waals surface area contributed by atoms with E-state index < -0.39 is 0 Å². The molecule has 1 fully saturated rings. The van der Waals surface area contributed by atoms with Crippen molar-refractivity contribution in [1.29, 1.82) is 0 Å². The maximum absolute atomic E-state index is 12.5. The second-order valence-corrected chi connectivity index (χ2v) is 9.13. The van der Waals surface area contributed by atoms with Gasteiger partial charge in [0.25, 0.3) is 0 Å². The summed E-state index contributed by atoms with van der Waals surface area (Å²) in [6, 6.07) is 15.7. The van der Waals surface area contributed by atoms with Crippen molar-refractivity contribution in [2.24, 2.45) is 0 Å². The van der Waals surface area contributed by atoms with Crippen LogP contribution in [0.15, 0.2) is 48.5 Å². The fourth-order valence-corrected chi connectivity index (χ4v) is 4.12. The first-order valence-corrected chi connectivity index (χ1v) is 11.7. The predicted molar refractivity (Wildman–Crippen MR) is 127 cm³/mol. The van der Waals surface area contributed by atoms with Gasteiger partial charge in [0.2, 0.25) is 11.8 Å². The Morgan fingerprint density at radius 3 is 2.10 bits per heavy atom. The summed E-state index contributed by atoms with van der Waals surface area (Å²) in [4.78, 5) is 27.0. The van der Waals surface area contributed by atoms with Gasteiger partial charge in [-0.2, -0.15) is 0 Å². The number of amides is 2. The van der Waals surface area contributed by atoms with Gasteiger partial charge >= 0.3 is 0 Å². The monoisotopic (exact) mass is 425 g/mol. The fraction of sp³-hybridized carbons (Fsp3) is 0.417. The van der Waals surface area contributed by atoms with Gasteiger partial charge < -0.3 is 15.5 Å². The zero-order valence-corrected chi connectivity index (χ0v) is 18.6. The minimum Gasteiger partial charge on any atom is -0.372 e. The number of thioether (sulfide) groups is 1. The van der Waals surface area contributed by atoms with Crippen molar-refractivity contribution >= 4 is 40.6 Å². The number of aryl methyl sites for hydroxylation is 1. The van der Waals surface area contributed by atoms with Crippen LogP contribution in [0, 0.1) is 6.92 Å². The number of hydrogen-bond acceptors (Lipinski definition) is 4. The standard InChI is InChI=1S/C24H31N3O2S/c1-18-7-9-20(10-8-18)25-23(28)17-30-19(2)24(29)26-21-11-13-22(14-12-21)27-15-5-3-4-6-16-27/h7-14,19H,3-6,15-17H2,1-2H3,(H,25,28)(H,26,29)/t19-/m0/s1. The van der Waals surface area contributed by atoms with E-state index in [4.69, 9.17) is 0 Å². The first-order valence-electron chi connectivity index (χ1n) is 10.7. The third kappa shape index (κ3) is 6.80. The van der Waals surface area contributed by atoms with Crippen LogP contribution in [0.4, 0.5) is 17.1 Å². The lowest BCUT2D eigenvalue weighted by Crippen LogP contribution is -2.25. The summed E-state index contributed by atoms with van der Waals surface area (Å²) >= 11 is 1.33. The molecule has 6 heteroatoms. The van der Waals surface area contributed by atoms with Gasteiger partial charge in [-0.05, 0) is 63.1 Å². The maximum atomic E-state index is 12.5. The molecule has 2 aromatic rings. The molecule has 1 aliphatic heterocycles. The Bertz CT molecular complexity index is 829. The quantitative estimate of drug-likeness (QED) is 0.650. The van der Waals surface area contributed by atoms with Crippen molar-refractivity contribution in [3.8, 4) is 0 Å². The Labute approximate surface area is 183 Å². The maximum Gasteiger partial charge on any atom is 0.237 e. The van der Waals surface area contributed by atoms with Crippen molar-refractivity contribution in [3.05, 3.63) is 54.1 Å². The van der Waals surface area contributed by atoms with Crippen molar-refractivity contribution in [2.75, 3.05) is 34.4 Å². The zero-order chi connectivity index (χ0) is 21.3. The minimum absolute atomic E-state index is 0.0920. The topological polar surface area (TPSA) is 61.4 Å². The molecule has 2 amide bonds. The number of nitrogens with one attached hydrogen (secondary N) is 2. The van der Waals surface area contributed by atoms with E-state index in [0.29, 0.717) is 0 Å². The smallest absolute Gasteiger partial charge is 0.237 e. The Kier molecular flexibility index (Phi) is 8.20. The summed E-state index contributed by atoms with van der Waals surface area (Å²) in [6.07, 6.45) is 5.10. The van der Waals surface area contributed by atoms with Crippen molar-refractivity contribution < 1.29 is 9.59 Å². The van der Waals surface area contributed by atoms with E-state index in [1.54, 1.807) is 0 Å². The van der Waals surface area contributed by atoms with Crippen molar-refractivity contribution in [1.82, 2.24) is 0 Å². The molecule has 1 aliphatic rings. The number of anilines is 3. The number of rotatable bonds is 7. The van der Waals surface area contributed by atoms with E-state index in [1.165, 1.54) is 43.1 Å². The van der Waals surface area contributed by atoms with Crippen LogP contribution in [0.1, 0.15) is 38.2 Å². The molecule has 0 spiro atoms. The van der Waals surface area contributed by atoms with Crippen LogP contribution in [0.5, 0.6) is 0 Å². The summed E-state index contributed by atoms with van der Waals surface area (Å²) in [5.41, 5.74) is 3.92. The molecule has 0 radical (unpaired) electrons. The number of carbonyl (C=O) groups is 2. The summed E-state index contributed by atoms with van der Waals surface area (Å²) in [7, 11) is 0. The van der Waals surface area contributed by atoms with E-state index in [-0.39, 0.29) is 22.8 Å². The summed E-state index contributed by atoms with van der Waals surface area (Å²) in [5.74, 6) is 0.0343. The molecule has 1 heterocycles. The summed E-state index contributed by atoms with van der Waals surface area (Å²) in [5, 5.41) is 5.49. The third-order valence-electron chi connectivity index (χ3n) is 5.28. The Balaban J connectivity index is 1.44. The number of carbonyl (C=O) groups excluding carboxylic acids is 2. The van der Waals surface area contributed by atoms with Crippen LogP contribution < -0.4 is 15.5 Å². The molecule has 160 valence electrons.